The lowest BCUT2D eigenvalue weighted by Gasteiger charge is -2.31. The zero-order valence-electron chi connectivity index (χ0n) is 12.7. The Morgan fingerprint density at radius 1 is 1.38 bits per heavy atom. The first-order chi connectivity index (χ1) is 10.1. The molecule has 7 heteroatoms. The Hall–Kier alpha value is -1.73. The van der Waals surface area contributed by atoms with Crippen molar-refractivity contribution in [1.29, 1.82) is 0 Å². The Morgan fingerprint density at radius 2 is 2.19 bits per heavy atom. The van der Waals surface area contributed by atoms with Crippen LogP contribution in [0.2, 0.25) is 0 Å². The highest BCUT2D eigenvalue weighted by molar-refractivity contribution is 5.08. The monoisotopic (exact) mass is 289 g/mol. The number of rotatable bonds is 6. The van der Waals surface area contributed by atoms with Crippen molar-refractivity contribution < 1.29 is 0 Å². The Labute approximate surface area is 124 Å². The van der Waals surface area contributed by atoms with Crippen LogP contribution < -0.4 is 5.73 Å². The van der Waals surface area contributed by atoms with Gasteiger partial charge in [-0.05, 0) is 19.9 Å². The number of hydrogen-bond donors (Lipinski definition) is 1. The Kier molecular flexibility index (Phi) is 4.03. The second-order valence-corrected chi connectivity index (χ2v) is 6.00. The Morgan fingerprint density at radius 3 is 2.86 bits per heavy atom. The lowest BCUT2D eigenvalue weighted by atomic mass is 9.80. The highest BCUT2D eigenvalue weighted by Crippen LogP contribution is 2.34. The van der Waals surface area contributed by atoms with E-state index in [1.54, 1.807) is 6.20 Å². The van der Waals surface area contributed by atoms with Crippen LogP contribution in [0.15, 0.2) is 18.7 Å². The van der Waals surface area contributed by atoms with Crippen molar-refractivity contribution in [3.05, 3.63) is 30.4 Å². The second-order valence-electron chi connectivity index (χ2n) is 6.00. The normalized spacial score (nSPS) is 21.7. The molecule has 0 spiro atoms. The lowest BCUT2D eigenvalue weighted by Crippen LogP contribution is -2.36. The Bertz CT molecular complexity index is 568. The van der Waals surface area contributed by atoms with Gasteiger partial charge < -0.3 is 14.9 Å². The number of nitrogens with two attached hydrogens (primary N) is 1. The summed E-state index contributed by atoms with van der Waals surface area (Å²) < 4.78 is 4.21. The first-order valence-electron chi connectivity index (χ1n) is 7.41. The molecule has 0 atom stereocenters. The zero-order chi connectivity index (χ0) is 14.8. The van der Waals surface area contributed by atoms with E-state index in [2.05, 4.69) is 43.3 Å². The molecule has 2 aromatic heterocycles. The molecule has 1 fully saturated rings. The van der Waals surface area contributed by atoms with E-state index in [-0.39, 0.29) is 0 Å². The largest absolute Gasteiger partial charge is 0.336 e. The van der Waals surface area contributed by atoms with Crippen LogP contribution in [0.5, 0.6) is 0 Å². The lowest BCUT2D eigenvalue weighted by molar-refractivity contribution is 0.297. The van der Waals surface area contributed by atoms with Crippen molar-refractivity contribution in [1.82, 2.24) is 29.2 Å². The van der Waals surface area contributed by atoms with Crippen molar-refractivity contribution >= 4 is 0 Å². The number of aromatic nitrogens is 5. The minimum Gasteiger partial charge on any atom is -0.336 e. The molecule has 3 rings (SSSR count). The van der Waals surface area contributed by atoms with Gasteiger partial charge in [0.25, 0.3) is 0 Å². The highest BCUT2D eigenvalue weighted by atomic mass is 15.3. The number of imidazole rings is 1. The van der Waals surface area contributed by atoms with Gasteiger partial charge >= 0.3 is 0 Å². The van der Waals surface area contributed by atoms with Crippen LogP contribution in [0.25, 0.3) is 0 Å². The minimum absolute atomic E-state index is 0.341. The molecule has 0 saturated heterocycles. The van der Waals surface area contributed by atoms with Gasteiger partial charge in [0.2, 0.25) is 0 Å². The molecule has 0 bridgehead atoms. The summed E-state index contributed by atoms with van der Waals surface area (Å²) in [7, 11) is 4.16. The summed E-state index contributed by atoms with van der Waals surface area (Å²) >= 11 is 0. The highest BCUT2D eigenvalue weighted by Gasteiger charge is 2.31. The molecule has 0 amide bonds. The van der Waals surface area contributed by atoms with E-state index in [0.29, 0.717) is 12.0 Å². The smallest absolute Gasteiger partial charge is 0.146 e. The molecule has 2 heterocycles. The summed E-state index contributed by atoms with van der Waals surface area (Å²) in [4.78, 5) is 6.30. The predicted molar refractivity (Wildman–Crippen MR) is 79.5 cm³/mol. The minimum atomic E-state index is 0.341. The standard InChI is InChI=1S/C14H23N7/c1-19(5-6-21-4-3-16-10-21)9-13-17-18-14(20(13)2)11-7-12(15)8-11/h3-4,10-12H,5-9,15H2,1-2H3. The average molecular weight is 289 g/mol. The SMILES string of the molecule is CN(CCn1ccnc1)Cc1nnc(C2CC(N)C2)n1C. The molecule has 1 saturated carbocycles. The van der Waals surface area contributed by atoms with Crippen molar-refractivity contribution in [2.24, 2.45) is 12.8 Å². The van der Waals surface area contributed by atoms with Gasteiger partial charge in [-0.15, -0.1) is 10.2 Å². The molecule has 2 N–H and O–H groups in total. The van der Waals surface area contributed by atoms with E-state index in [4.69, 9.17) is 5.73 Å². The number of likely N-dealkylation sites (N-methyl/N-ethyl adjacent to an activating group) is 1. The van der Waals surface area contributed by atoms with E-state index in [1.165, 1.54) is 0 Å². The molecule has 114 valence electrons. The van der Waals surface area contributed by atoms with Gasteiger partial charge in [-0.3, -0.25) is 4.90 Å². The fourth-order valence-corrected chi connectivity index (χ4v) is 2.77. The summed E-state index contributed by atoms with van der Waals surface area (Å²) in [5.41, 5.74) is 5.86. The molecule has 7 nitrogen and oxygen atoms in total. The van der Waals surface area contributed by atoms with Crippen molar-refractivity contribution in [3.63, 3.8) is 0 Å². The molecular weight excluding hydrogens is 266 g/mol. The zero-order valence-corrected chi connectivity index (χ0v) is 12.7. The molecule has 1 aliphatic carbocycles. The number of nitrogens with zero attached hydrogens (tertiary/aromatic N) is 6. The van der Waals surface area contributed by atoms with Crippen LogP contribution in [-0.2, 0) is 20.1 Å². The quantitative estimate of drug-likeness (QED) is 0.830. The summed E-state index contributed by atoms with van der Waals surface area (Å²) in [6, 6.07) is 0.341. The van der Waals surface area contributed by atoms with Gasteiger partial charge in [0.15, 0.2) is 0 Å². The van der Waals surface area contributed by atoms with Gasteiger partial charge in [-0.25, -0.2) is 4.98 Å². The molecule has 1 aliphatic rings. The number of hydrogen-bond acceptors (Lipinski definition) is 5. The average Bonchev–Trinajstić information content (AvgIpc) is 3.05. The predicted octanol–water partition coefficient (Wildman–Crippen LogP) is 0.348. The maximum atomic E-state index is 5.86. The third kappa shape index (κ3) is 3.14. The maximum absolute atomic E-state index is 5.86. The second kappa shape index (κ2) is 5.95. The fraction of sp³-hybridized carbons (Fsp3) is 0.643. The molecule has 2 aromatic rings. The molecule has 0 unspecified atom stereocenters. The molecule has 21 heavy (non-hydrogen) atoms. The van der Waals surface area contributed by atoms with Crippen LogP contribution in [-0.4, -0.2) is 48.8 Å². The van der Waals surface area contributed by atoms with Crippen LogP contribution in [0.1, 0.15) is 30.4 Å². The van der Waals surface area contributed by atoms with Crippen LogP contribution in [0.4, 0.5) is 0 Å². The van der Waals surface area contributed by atoms with Gasteiger partial charge in [-0.2, -0.15) is 0 Å². The molecule has 0 aliphatic heterocycles. The van der Waals surface area contributed by atoms with Gasteiger partial charge in [0.1, 0.15) is 11.6 Å². The summed E-state index contributed by atoms with van der Waals surface area (Å²) in [5, 5.41) is 8.69. The topological polar surface area (TPSA) is 77.8 Å². The summed E-state index contributed by atoms with van der Waals surface area (Å²) in [6.07, 6.45) is 7.69. The van der Waals surface area contributed by atoms with E-state index < -0.39 is 0 Å². The van der Waals surface area contributed by atoms with Crippen LogP contribution >= 0.6 is 0 Å². The van der Waals surface area contributed by atoms with E-state index >= 15 is 0 Å². The van der Waals surface area contributed by atoms with E-state index in [9.17, 15) is 0 Å². The first-order valence-corrected chi connectivity index (χ1v) is 7.41. The third-order valence-electron chi connectivity index (χ3n) is 4.25. The summed E-state index contributed by atoms with van der Waals surface area (Å²) in [5.74, 6) is 2.58. The summed E-state index contributed by atoms with van der Waals surface area (Å²) in [6.45, 7) is 2.68. The van der Waals surface area contributed by atoms with Gasteiger partial charge in [0.05, 0.1) is 12.9 Å². The van der Waals surface area contributed by atoms with Crippen molar-refractivity contribution in [3.8, 4) is 0 Å². The van der Waals surface area contributed by atoms with E-state index in [1.807, 2.05) is 12.5 Å². The Balaban J connectivity index is 1.54. The maximum Gasteiger partial charge on any atom is 0.146 e. The first kappa shape index (κ1) is 14.2. The molecule has 0 aromatic carbocycles. The molecular formula is C14H23N7. The van der Waals surface area contributed by atoms with Crippen molar-refractivity contribution in [2.75, 3.05) is 13.6 Å². The van der Waals surface area contributed by atoms with Crippen LogP contribution in [0, 0.1) is 0 Å². The van der Waals surface area contributed by atoms with Gasteiger partial charge in [-0.1, -0.05) is 0 Å². The molecule has 0 radical (unpaired) electrons. The van der Waals surface area contributed by atoms with E-state index in [0.717, 1.165) is 44.1 Å². The van der Waals surface area contributed by atoms with Crippen LogP contribution in [0.3, 0.4) is 0 Å². The van der Waals surface area contributed by atoms with Gasteiger partial charge in [0, 0.05) is 44.5 Å². The fourth-order valence-electron chi connectivity index (χ4n) is 2.77. The third-order valence-corrected chi connectivity index (χ3v) is 4.25. The van der Waals surface area contributed by atoms with Crippen molar-refractivity contribution in [2.45, 2.75) is 37.9 Å².